The predicted molar refractivity (Wildman–Crippen MR) is 120 cm³/mol. The fourth-order valence-electron chi connectivity index (χ4n) is 3.65. The zero-order valence-electron chi connectivity index (χ0n) is 17.3. The highest BCUT2D eigenvalue weighted by atomic mass is 35.5. The Balaban J connectivity index is 1.62. The van der Waals surface area contributed by atoms with Crippen molar-refractivity contribution in [2.24, 2.45) is 11.7 Å². The third kappa shape index (κ3) is 6.42. The number of primary amides is 1. The number of pyridine rings is 1. The minimum absolute atomic E-state index is 0.0649. The number of benzene rings is 1. The summed E-state index contributed by atoms with van der Waals surface area (Å²) in [5.41, 5.74) is 6.78. The van der Waals surface area contributed by atoms with Gasteiger partial charge in [-0.2, -0.15) is 0 Å². The van der Waals surface area contributed by atoms with Gasteiger partial charge in [0, 0.05) is 25.0 Å². The Kier molecular flexibility index (Phi) is 7.46. The molecule has 0 aliphatic carbocycles. The van der Waals surface area contributed by atoms with Crippen LogP contribution in [0.2, 0.25) is 5.02 Å². The molecule has 0 radical (unpaired) electrons. The van der Waals surface area contributed by atoms with E-state index in [0.717, 1.165) is 30.8 Å². The lowest BCUT2D eigenvalue weighted by Crippen LogP contribution is -2.41. The van der Waals surface area contributed by atoms with Gasteiger partial charge in [-0.05, 0) is 42.7 Å². The van der Waals surface area contributed by atoms with E-state index in [2.05, 4.69) is 15.6 Å². The van der Waals surface area contributed by atoms with Crippen LogP contribution in [0.4, 0.5) is 11.5 Å². The van der Waals surface area contributed by atoms with Gasteiger partial charge < -0.3 is 21.3 Å². The Morgan fingerprint density at radius 1 is 1.23 bits per heavy atom. The van der Waals surface area contributed by atoms with Gasteiger partial charge in [0.05, 0.1) is 30.3 Å². The summed E-state index contributed by atoms with van der Waals surface area (Å²) in [6.07, 6.45) is 3.32. The number of halogens is 1. The van der Waals surface area contributed by atoms with Crippen molar-refractivity contribution in [1.82, 2.24) is 10.3 Å². The van der Waals surface area contributed by atoms with Crippen molar-refractivity contribution in [3.63, 3.8) is 0 Å². The number of anilines is 2. The molecule has 164 valence electrons. The Morgan fingerprint density at radius 2 is 1.97 bits per heavy atom. The molecule has 2 unspecified atom stereocenters. The molecular formula is C22H26ClN5O3. The van der Waals surface area contributed by atoms with Crippen molar-refractivity contribution in [2.75, 3.05) is 23.3 Å². The van der Waals surface area contributed by atoms with Gasteiger partial charge >= 0.3 is 0 Å². The number of nitrogens with zero attached hydrogens (tertiary/aromatic N) is 2. The number of piperidine rings is 1. The highest BCUT2D eigenvalue weighted by molar-refractivity contribution is 6.30. The summed E-state index contributed by atoms with van der Waals surface area (Å²) in [6.45, 7) is 2.77. The molecule has 1 saturated heterocycles. The molecule has 3 rings (SSSR count). The van der Waals surface area contributed by atoms with Crippen molar-refractivity contribution >= 4 is 40.8 Å². The van der Waals surface area contributed by atoms with E-state index in [1.165, 1.54) is 6.92 Å². The second-order valence-corrected chi connectivity index (χ2v) is 8.09. The molecule has 9 heteroatoms. The average molecular weight is 444 g/mol. The Bertz CT molecular complexity index is 933. The third-order valence-corrected chi connectivity index (χ3v) is 5.47. The highest BCUT2D eigenvalue weighted by Gasteiger charge is 2.24. The van der Waals surface area contributed by atoms with Gasteiger partial charge in [-0.1, -0.05) is 23.7 Å². The molecule has 1 aromatic heterocycles. The van der Waals surface area contributed by atoms with Crippen molar-refractivity contribution < 1.29 is 14.4 Å². The molecular weight excluding hydrogens is 418 g/mol. The van der Waals surface area contributed by atoms with Crippen LogP contribution in [-0.2, 0) is 14.4 Å². The lowest BCUT2D eigenvalue weighted by Gasteiger charge is -2.32. The van der Waals surface area contributed by atoms with E-state index in [1.54, 1.807) is 36.5 Å². The molecule has 0 bridgehead atoms. The quantitative estimate of drug-likeness (QED) is 0.608. The largest absolute Gasteiger partial charge is 0.369 e. The van der Waals surface area contributed by atoms with Crippen LogP contribution in [0, 0.1) is 5.92 Å². The summed E-state index contributed by atoms with van der Waals surface area (Å²) in [6, 6.07) is 10.1. The maximum Gasteiger partial charge on any atom is 0.226 e. The Labute approximate surface area is 186 Å². The number of rotatable bonds is 7. The predicted octanol–water partition coefficient (Wildman–Crippen LogP) is 2.64. The van der Waals surface area contributed by atoms with Crippen molar-refractivity contribution in [3.8, 4) is 0 Å². The van der Waals surface area contributed by atoms with E-state index in [9.17, 15) is 14.4 Å². The summed E-state index contributed by atoms with van der Waals surface area (Å²) in [7, 11) is 0. The molecule has 0 saturated carbocycles. The monoisotopic (exact) mass is 443 g/mol. The first-order valence-electron chi connectivity index (χ1n) is 10.1. The molecule has 1 aliphatic rings. The van der Waals surface area contributed by atoms with Crippen molar-refractivity contribution in [2.45, 2.75) is 32.2 Å². The first kappa shape index (κ1) is 22.6. The normalized spacial score (nSPS) is 17.0. The third-order valence-electron chi connectivity index (χ3n) is 5.22. The van der Waals surface area contributed by atoms with Crippen LogP contribution in [0.5, 0.6) is 0 Å². The van der Waals surface area contributed by atoms with Crippen LogP contribution in [0.15, 0.2) is 42.6 Å². The zero-order valence-corrected chi connectivity index (χ0v) is 18.1. The summed E-state index contributed by atoms with van der Waals surface area (Å²) in [5.74, 6) is -0.206. The van der Waals surface area contributed by atoms with Gasteiger partial charge in [-0.3, -0.25) is 14.4 Å². The average Bonchev–Trinajstić information content (AvgIpc) is 2.74. The molecule has 2 aromatic rings. The molecule has 2 heterocycles. The van der Waals surface area contributed by atoms with E-state index in [4.69, 9.17) is 17.3 Å². The molecule has 1 aliphatic heterocycles. The minimum atomic E-state index is -0.471. The first-order valence-corrected chi connectivity index (χ1v) is 10.5. The van der Waals surface area contributed by atoms with Crippen LogP contribution in [0.1, 0.15) is 37.8 Å². The molecule has 2 atom stereocenters. The number of hydrogen-bond donors (Lipinski definition) is 3. The number of nitrogens with two attached hydrogens (primary N) is 1. The van der Waals surface area contributed by atoms with Gasteiger partial charge in [-0.15, -0.1) is 0 Å². The van der Waals surface area contributed by atoms with Gasteiger partial charge in [0.25, 0.3) is 0 Å². The molecule has 1 aromatic carbocycles. The van der Waals surface area contributed by atoms with E-state index in [1.807, 2.05) is 11.0 Å². The van der Waals surface area contributed by atoms with Gasteiger partial charge in [0.1, 0.15) is 5.82 Å². The highest BCUT2D eigenvalue weighted by Crippen LogP contribution is 2.23. The molecule has 3 amide bonds. The van der Waals surface area contributed by atoms with E-state index in [0.29, 0.717) is 17.3 Å². The summed E-state index contributed by atoms with van der Waals surface area (Å²) in [4.78, 5) is 42.1. The second kappa shape index (κ2) is 10.3. The number of carbonyl (C=O) groups excluding carboxylic acids is 3. The maximum absolute atomic E-state index is 12.6. The minimum Gasteiger partial charge on any atom is -0.369 e. The zero-order chi connectivity index (χ0) is 22.4. The topological polar surface area (TPSA) is 117 Å². The van der Waals surface area contributed by atoms with Crippen LogP contribution in [0.3, 0.4) is 0 Å². The summed E-state index contributed by atoms with van der Waals surface area (Å²) in [5, 5.41) is 6.19. The van der Waals surface area contributed by atoms with Crippen LogP contribution >= 0.6 is 11.6 Å². The fourth-order valence-corrected chi connectivity index (χ4v) is 3.78. The molecule has 31 heavy (non-hydrogen) atoms. The van der Waals surface area contributed by atoms with E-state index in [-0.39, 0.29) is 30.1 Å². The maximum atomic E-state index is 12.6. The lowest BCUT2D eigenvalue weighted by atomic mass is 9.97. The summed E-state index contributed by atoms with van der Waals surface area (Å²) < 4.78 is 0. The van der Waals surface area contributed by atoms with Crippen LogP contribution in [-0.4, -0.2) is 35.8 Å². The van der Waals surface area contributed by atoms with Crippen molar-refractivity contribution in [1.29, 1.82) is 0 Å². The Hall–Kier alpha value is -3.13. The van der Waals surface area contributed by atoms with Gasteiger partial charge in [0.15, 0.2) is 0 Å². The lowest BCUT2D eigenvalue weighted by molar-refractivity contribution is -0.122. The fraction of sp³-hybridized carbons (Fsp3) is 0.364. The second-order valence-electron chi connectivity index (χ2n) is 7.65. The number of amides is 3. The smallest absolute Gasteiger partial charge is 0.226 e. The van der Waals surface area contributed by atoms with Crippen LogP contribution in [0.25, 0.3) is 0 Å². The van der Waals surface area contributed by atoms with Gasteiger partial charge in [-0.25, -0.2) is 4.98 Å². The number of aromatic nitrogens is 1. The SMILES string of the molecule is CC(=O)NC(CC(=O)Nc1ccc(N2CCCC(C(N)=O)C2)nc1)c1ccc(Cl)cc1. The number of carbonyl (C=O) groups is 3. The van der Waals surface area contributed by atoms with Crippen LogP contribution < -0.4 is 21.3 Å². The standard InChI is InChI=1S/C22H26ClN5O3/c1-14(29)26-19(15-4-6-17(23)7-5-15)11-21(30)27-18-8-9-20(25-12-18)28-10-2-3-16(13-28)22(24)31/h4-9,12,16,19H,2-3,10-11,13H2,1H3,(H2,24,31)(H,26,29)(H,27,30). The van der Waals surface area contributed by atoms with Gasteiger partial charge in [0.2, 0.25) is 17.7 Å². The first-order chi connectivity index (χ1) is 14.8. The molecule has 8 nitrogen and oxygen atoms in total. The Morgan fingerprint density at radius 3 is 2.58 bits per heavy atom. The molecule has 1 fully saturated rings. The van der Waals surface area contributed by atoms with Crippen molar-refractivity contribution in [3.05, 3.63) is 53.2 Å². The molecule has 0 spiro atoms. The van der Waals surface area contributed by atoms with E-state index < -0.39 is 6.04 Å². The summed E-state index contributed by atoms with van der Waals surface area (Å²) >= 11 is 5.93. The number of nitrogens with one attached hydrogen (secondary N) is 2. The molecule has 4 N–H and O–H groups in total. The number of hydrogen-bond acceptors (Lipinski definition) is 5. The van der Waals surface area contributed by atoms with E-state index >= 15 is 0 Å².